The molecule has 2 aromatic carbocycles. The molecule has 1 amide bonds. The second kappa shape index (κ2) is 7.06. The Morgan fingerprint density at radius 3 is 2.71 bits per heavy atom. The average Bonchev–Trinajstić information content (AvgIpc) is 2.51. The average molecular weight is 289 g/mol. The van der Waals surface area contributed by atoms with E-state index in [1.165, 1.54) is 0 Å². The fourth-order valence-corrected chi connectivity index (χ4v) is 2.14. The van der Waals surface area contributed by atoms with Gasteiger partial charge in [-0.25, -0.2) is 0 Å². The van der Waals surface area contributed by atoms with Gasteiger partial charge in [-0.1, -0.05) is 30.3 Å². The maximum atomic E-state index is 12.2. The van der Waals surface area contributed by atoms with E-state index in [4.69, 9.17) is 9.47 Å². The third-order valence-corrected chi connectivity index (χ3v) is 3.32. The molecule has 0 heterocycles. The number of phenolic OH excluding ortho intramolecular Hbond substituents is 1. The predicted molar refractivity (Wildman–Crippen MR) is 80.6 cm³/mol. The molecule has 0 bridgehead atoms. The molecule has 0 saturated heterocycles. The van der Waals surface area contributed by atoms with Gasteiger partial charge in [-0.2, -0.15) is 0 Å². The minimum atomic E-state index is -0.337. The van der Waals surface area contributed by atoms with Crippen molar-refractivity contribution in [3.05, 3.63) is 42.0 Å². The van der Waals surface area contributed by atoms with Crippen LogP contribution in [0.5, 0.6) is 5.75 Å². The topological polar surface area (TPSA) is 67.8 Å². The maximum absolute atomic E-state index is 12.2. The summed E-state index contributed by atoms with van der Waals surface area (Å²) < 4.78 is 10.2. The highest BCUT2D eigenvalue weighted by molar-refractivity contribution is 6.03. The highest BCUT2D eigenvalue weighted by atomic mass is 16.5. The molecule has 5 nitrogen and oxygen atoms in total. The number of methoxy groups -OCH3 is 2. The number of amides is 1. The van der Waals surface area contributed by atoms with Gasteiger partial charge in [0.2, 0.25) is 0 Å². The first-order valence-corrected chi connectivity index (χ1v) is 6.68. The van der Waals surface area contributed by atoms with Crippen molar-refractivity contribution in [2.45, 2.75) is 6.10 Å². The highest BCUT2D eigenvalue weighted by Gasteiger charge is 2.15. The van der Waals surface area contributed by atoms with Crippen LogP contribution in [-0.4, -0.2) is 44.5 Å². The number of ether oxygens (including phenoxy) is 2. The summed E-state index contributed by atoms with van der Waals surface area (Å²) in [5.41, 5.74) is 0.251. The van der Waals surface area contributed by atoms with Crippen LogP contribution in [-0.2, 0) is 9.47 Å². The summed E-state index contributed by atoms with van der Waals surface area (Å²) in [6.45, 7) is 0.704. The summed E-state index contributed by atoms with van der Waals surface area (Å²) in [5, 5.41) is 14.5. The number of hydrogen-bond acceptors (Lipinski definition) is 4. The number of carbonyl (C=O) groups excluding carboxylic acids is 1. The van der Waals surface area contributed by atoms with Crippen molar-refractivity contribution in [3.8, 4) is 5.75 Å². The largest absolute Gasteiger partial charge is 0.506 e. The lowest BCUT2D eigenvalue weighted by atomic mass is 10.0. The normalized spacial score (nSPS) is 12.3. The molecule has 5 heteroatoms. The van der Waals surface area contributed by atoms with Crippen LogP contribution in [0, 0.1) is 0 Å². The number of carbonyl (C=O) groups is 1. The van der Waals surface area contributed by atoms with Crippen LogP contribution in [0.1, 0.15) is 10.4 Å². The summed E-state index contributed by atoms with van der Waals surface area (Å²) in [6, 6.07) is 10.8. The summed E-state index contributed by atoms with van der Waals surface area (Å²) >= 11 is 0. The Bertz CT molecular complexity index is 627. The van der Waals surface area contributed by atoms with Gasteiger partial charge >= 0.3 is 0 Å². The zero-order valence-electron chi connectivity index (χ0n) is 12.1. The standard InChI is InChI=1S/C16H19NO4/c1-20-10-12(21-2)9-17-16(19)14-8-7-11-5-3-4-6-13(11)15(14)18/h3-8,12,18H,9-10H2,1-2H3,(H,17,19). The number of rotatable bonds is 6. The molecule has 0 fully saturated rings. The van der Waals surface area contributed by atoms with E-state index in [1.807, 2.05) is 24.3 Å². The number of benzene rings is 2. The molecule has 0 spiro atoms. The van der Waals surface area contributed by atoms with Crippen LogP contribution in [0.15, 0.2) is 36.4 Å². The van der Waals surface area contributed by atoms with Crippen LogP contribution in [0.2, 0.25) is 0 Å². The minimum Gasteiger partial charge on any atom is -0.506 e. The molecule has 0 saturated carbocycles. The molecule has 2 aromatic rings. The Balaban J connectivity index is 2.14. The van der Waals surface area contributed by atoms with Gasteiger partial charge in [0.15, 0.2) is 0 Å². The Hall–Kier alpha value is -2.11. The molecule has 112 valence electrons. The summed E-state index contributed by atoms with van der Waals surface area (Å²) in [6.07, 6.45) is -0.221. The number of nitrogens with one attached hydrogen (secondary N) is 1. The van der Waals surface area contributed by atoms with Crippen molar-refractivity contribution in [2.24, 2.45) is 0 Å². The van der Waals surface area contributed by atoms with E-state index in [9.17, 15) is 9.90 Å². The molecule has 0 aromatic heterocycles. The third-order valence-electron chi connectivity index (χ3n) is 3.32. The number of hydrogen-bond donors (Lipinski definition) is 2. The van der Waals surface area contributed by atoms with Crippen molar-refractivity contribution in [3.63, 3.8) is 0 Å². The van der Waals surface area contributed by atoms with E-state index < -0.39 is 0 Å². The van der Waals surface area contributed by atoms with Crippen LogP contribution in [0.25, 0.3) is 10.8 Å². The molecular weight excluding hydrogens is 270 g/mol. The van der Waals surface area contributed by atoms with Crippen LogP contribution < -0.4 is 5.32 Å². The van der Waals surface area contributed by atoms with Gasteiger partial charge in [-0.05, 0) is 11.5 Å². The van der Waals surface area contributed by atoms with E-state index in [2.05, 4.69) is 5.32 Å². The summed E-state index contributed by atoms with van der Waals surface area (Å²) in [4.78, 5) is 12.2. The van der Waals surface area contributed by atoms with E-state index >= 15 is 0 Å². The minimum absolute atomic E-state index is 0.00805. The zero-order valence-corrected chi connectivity index (χ0v) is 12.1. The van der Waals surface area contributed by atoms with Crippen molar-refractivity contribution in [1.82, 2.24) is 5.32 Å². The van der Waals surface area contributed by atoms with Gasteiger partial charge < -0.3 is 19.9 Å². The molecule has 21 heavy (non-hydrogen) atoms. The molecule has 2 N–H and O–H groups in total. The molecule has 1 unspecified atom stereocenters. The third kappa shape index (κ3) is 3.51. The van der Waals surface area contributed by atoms with Crippen molar-refractivity contribution in [2.75, 3.05) is 27.4 Å². The van der Waals surface area contributed by atoms with E-state index in [1.54, 1.807) is 26.4 Å². The quantitative estimate of drug-likeness (QED) is 0.852. The van der Waals surface area contributed by atoms with E-state index in [0.29, 0.717) is 18.5 Å². The Kier molecular flexibility index (Phi) is 5.14. The smallest absolute Gasteiger partial charge is 0.255 e. The first-order chi connectivity index (χ1) is 10.2. The predicted octanol–water partition coefficient (Wildman–Crippen LogP) is 1.94. The summed E-state index contributed by atoms with van der Waals surface area (Å²) in [5.74, 6) is -0.345. The molecule has 1 atom stereocenters. The van der Waals surface area contributed by atoms with Crippen LogP contribution in [0.4, 0.5) is 0 Å². The Labute approximate surface area is 123 Å². The van der Waals surface area contributed by atoms with Crippen LogP contribution >= 0.6 is 0 Å². The zero-order chi connectivity index (χ0) is 15.2. The van der Waals surface area contributed by atoms with E-state index in [-0.39, 0.29) is 23.3 Å². The molecule has 0 aliphatic carbocycles. The lowest BCUT2D eigenvalue weighted by molar-refractivity contribution is 0.0285. The molecule has 0 aliphatic rings. The SMILES string of the molecule is COCC(CNC(=O)c1ccc2ccccc2c1O)OC. The van der Waals surface area contributed by atoms with E-state index in [0.717, 1.165) is 5.39 Å². The summed E-state index contributed by atoms with van der Waals surface area (Å²) in [7, 11) is 3.13. The number of aromatic hydroxyl groups is 1. The fraction of sp³-hybridized carbons (Fsp3) is 0.312. The van der Waals surface area contributed by atoms with Crippen LogP contribution in [0.3, 0.4) is 0 Å². The Morgan fingerprint density at radius 2 is 2.00 bits per heavy atom. The first kappa shape index (κ1) is 15.3. The lowest BCUT2D eigenvalue weighted by Gasteiger charge is -2.15. The molecule has 0 aliphatic heterocycles. The van der Waals surface area contributed by atoms with Crippen molar-refractivity contribution >= 4 is 16.7 Å². The highest BCUT2D eigenvalue weighted by Crippen LogP contribution is 2.28. The van der Waals surface area contributed by atoms with Gasteiger partial charge in [0.1, 0.15) is 5.75 Å². The van der Waals surface area contributed by atoms with Gasteiger partial charge in [-0.3, -0.25) is 4.79 Å². The van der Waals surface area contributed by atoms with Gasteiger partial charge in [-0.15, -0.1) is 0 Å². The van der Waals surface area contributed by atoms with Gasteiger partial charge in [0.25, 0.3) is 5.91 Å². The van der Waals surface area contributed by atoms with Crippen molar-refractivity contribution in [1.29, 1.82) is 0 Å². The van der Waals surface area contributed by atoms with Gasteiger partial charge in [0.05, 0.1) is 18.3 Å². The number of phenols is 1. The second-order valence-corrected chi connectivity index (χ2v) is 4.71. The molecule has 2 rings (SSSR count). The molecule has 0 radical (unpaired) electrons. The molecular formula is C16H19NO4. The monoisotopic (exact) mass is 289 g/mol. The fourth-order valence-electron chi connectivity index (χ4n) is 2.14. The maximum Gasteiger partial charge on any atom is 0.255 e. The van der Waals surface area contributed by atoms with Crippen molar-refractivity contribution < 1.29 is 19.4 Å². The second-order valence-electron chi connectivity index (χ2n) is 4.71. The number of fused-ring (bicyclic) bond motifs is 1. The Morgan fingerprint density at radius 1 is 1.24 bits per heavy atom. The first-order valence-electron chi connectivity index (χ1n) is 6.68. The van der Waals surface area contributed by atoms with Gasteiger partial charge in [0, 0.05) is 26.2 Å². The lowest BCUT2D eigenvalue weighted by Crippen LogP contribution is -2.35.